The number of anilines is 1. The smallest absolute Gasteiger partial charge is 0.351 e. The van der Waals surface area contributed by atoms with E-state index in [9.17, 15) is 9.59 Å². The molecule has 2 aromatic rings. The normalized spacial score (nSPS) is 18.0. The van der Waals surface area contributed by atoms with Crippen LogP contribution in [0.3, 0.4) is 0 Å². The Morgan fingerprint density at radius 1 is 1.00 bits per heavy atom. The number of hydrogen-bond donors (Lipinski definition) is 1. The molecule has 0 fully saturated rings. The molecule has 0 unspecified atom stereocenters. The molecular weight excluding hydrogens is 366 g/mol. The van der Waals surface area contributed by atoms with Crippen molar-refractivity contribution >= 4 is 17.6 Å². The Bertz CT molecular complexity index is 898. The molecule has 0 saturated carbocycles. The zero-order chi connectivity index (χ0) is 19.5. The molecule has 2 aliphatic rings. The molecule has 8 heteroatoms. The zero-order valence-electron chi connectivity index (χ0n) is 15.2. The van der Waals surface area contributed by atoms with Crippen molar-refractivity contribution in [2.45, 2.75) is 19.1 Å². The van der Waals surface area contributed by atoms with Crippen LogP contribution in [0.4, 0.5) is 5.69 Å². The standard InChI is InChI=1S/C20H19NO7/c1-12(19(22)21-13-6-7-15-17(10-13)25-9-8-24-15)27-20(23)18-11-26-14-4-2-3-5-16(14)28-18/h2-7,10,12,18H,8-9,11H2,1H3,(H,21,22)/t12-,18-/m1/s1. The monoisotopic (exact) mass is 385 g/mol. The molecule has 0 aromatic heterocycles. The van der Waals surface area contributed by atoms with E-state index in [1.165, 1.54) is 6.92 Å². The van der Waals surface area contributed by atoms with Gasteiger partial charge in [0.1, 0.15) is 19.8 Å². The van der Waals surface area contributed by atoms with E-state index in [0.29, 0.717) is 41.9 Å². The maximum atomic E-state index is 12.4. The van der Waals surface area contributed by atoms with E-state index >= 15 is 0 Å². The minimum atomic E-state index is -1.01. The third-order valence-corrected chi connectivity index (χ3v) is 4.24. The number of nitrogens with one attached hydrogen (secondary N) is 1. The van der Waals surface area contributed by atoms with Crippen LogP contribution in [0.5, 0.6) is 23.0 Å². The third kappa shape index (κ3) is 3.80. The summed E-state index contributed by atoms with van der Waals surface area (Å²) in [4.78, 5) is 24.7. The molecule has 0 saturated heterocycles. The number of hydrogen-bond acceptors (Lipinski definition) is 7. The maximum absolute atomic E-state index is 12.4. The maximum Gasteiger partial charge on any atom is 0.351 e. The first-order chi connectivity index (χ1) is 13.6. The van der Waals surface area contributed by atoms with Crippen molar-refractivity contribution in [3.05, 3.63) is 42.5 Å². The van der Waals surface area contributed by atoms with Gasteiger partial charge in [0.2, 0.25) is 6.10 Å². The molecule has 1 amide bonds. The highest BCUT2D eigenvalue weighted by Gasteiger charge is 2.31. The van der Waals surface area contributed by atoms with Gasteiger partial charge in [-0.1, -0.05) is 12.1 Å². The summed E-state index contributed by atoms with van der Waals surface area (Å²) >= 11 is 0. The Morgan fingerprint density at radius 3 is 2.54 bits per heavy atom. The van der Waals surface area contributed by atoms with Gasteiger partial charge in [0.25, 0.3) is 5.91 Å². The van der Waals surface area contributed by atoms with Gasteiger partial charge in [-0.25, -0.2) is 4.79 Å². The van der Waals surface area contributed by atoms with Gasteiger partial charge < -0.3 is 29.0 Å². The number of para-hydroxylation sites is 2. The first-order valence-corrected chi connectivity index (χ1v) is 8.89. The molecule has 8 nitrogen and oxygen atoms in total. The van der Waals surface area contributed by atoms with E-state index < -0.39 is 24.1 Å². The zero-order valence-corrected chi connectivity index (χ0v) is 15.2. The molecule has 2 atom stereocenters. The van der Waals surface area contributed by atoms with E-state index in [4.69, 9.17) is 23.7 Å². The number of fused-ring (bicyclic) bond motifs is 2. The van der Waals surface area contributed by atoms with Gasteiger partial charge >= 0.3 is 5.97 Å². The van der Waals surface area contributed by atoms with Crippen LogP contribution in [0.25, 0.3) is 0 Å². The van der Waals surface area contributed by atoms with Crippen LogP contribution in [0.1, 0.15) is 6.92 Å². The van der Waals surface area contributed by atoms with Crippen molar-refractivity contribution in [1.82, 2.24) is 0 Å². The molecule has 0 spiro atoms. The Morgan fingerprint density at radius 2 is 1.71 bits per heavy atom. The Hall–Kier alpha value is -3.42. The van der Waals surface area contributed by atoms with Crippen molar-refractivity contribution in [2.24, 2.45) is 0 Å². The van der Waals surface area contributed by atoms with E-state index in [0.717, 1.165) is 0 Å². The second-order valence-electron chi connectivity index (χ2n) is 6.29. The molecule has 1 N–H and O–H groups in total. The first kappa shape index (κ1) is 18.0. The van der Waals surface area contributed by atoms with Gasteiger partial charge in [-0.05, 0) is 31.2 Å². The summed E-state index contributed by atoms with van der Waals surface area (Å²) in [6.45, 7) is 2.45. The third-order valence-electron chi connectivity index (χ3n) is 4.24. The summed E-state index contributed by atoms with van der Waals surface area (Å²) in [7, 11) is 0. The van der Waals surface area contributed by atoms with Gasteiger partial charge in [0, 0.05) is 11.8 Å². The quantitative estimate of drug-likeness (QED) is 0.807. The average molecular weight is 385 g/mol. The number of rotatable bonds is 4. The number of esters is 1. The van der Waals surface area contributed by atoms with Gasteiger partial charge in [0.15, 0.2) is 29.1 Å². The Labute approximate surface area is 161 Å². The number of carbonyl (C=O) groups is 2. The fourth-order valence-electron chi connectivity index (χ4n) is 2.80. The van der Waals surface area contributed by atoms with Gasteiger partial charge in [-0.15, -0.1) is 0 Å². The van der Waals surface area contributed by atoms with E-state index in [1.54, 1.807) is 36.4 Å². The van der Waals surface area contributed by atoms with Crippen molar-refractivity contribution in [1.29, 1.82) is 0 Å². The van der Waals surface area contributed by atoms with Crippen LogP contribution in [-0.4, -0.2) is 43.9 Å². The van der Waals surface area contributed by atoms with Gasteiger partial charge in [-0.3, -0.25) is 4.79 Å². The minimum absolute atomic E-state index is 0.0202. The van der Waals surface area contributed by atoms with Crippen molar-refractivity contribution in [2.75, 3.05) is 25.1 Å². The number of benzene rings is 2. The van der Waals surface area contributed by atoms with E-state index in [-0.39, 0.29) is 6.61 Å². The molecule has 28 heavy (non-hydrogen) atoms. The Balaban J connectivity index is 1.34. The van der Waals surface area contributed by atoms with E-state index in [2.05, 4.69) is 5.32 Å². The Kier molecular flexibility index (Phi) is 4.92. The average Bonchev–Trinajstić information content (AvgIpc) is 2.73. The van der Waals surface area contributed by atoms with Crippen LogP contribution < -0.4 is 24.3 Å². The lowest BCUT2D eigenvalue weighted by molar-refractivity contribution is -0.162. The summed E-state index contributed by atoms with van der Waals surface area (Å²) in [5, 5.41) is 2.69. The fourth-order valence-corrected chi connectivity index (χ4v) is 2.80. The second kappa shape index (κ2) is 7.67. The van der Waals surface area contributed by atoms with Crippen LogP contribution in [0, 0.1) is 0 Å². The molecule has 2 aromatic carbocycles. The van der Waals surface area contributed by atoms with E-state index in [1.807, 2.05) is 6.07 Å². The summed E-state index contributed by atoms with van der Waals surface area (Å²) < 4.78 is 27.3. The largest absolute Gasteiger partial charge is 0.486 e. The fraction of sp³-hybridized carbons (Fsp3) is 0.300. The van der Waals surface area contributed by atoms with Crippen LogP contribution in [0.15, 0.2) is 42.5 Å². The van der Waals surface area contributed by atoms with Crippen molar-refractivity contribution < 1.29 is 33.3 Å². The summed E-state index contributed by atoms with van der Waals surface area (Å²) in [6.07, 6.45) is -1.94. The molecule has 146 valence electrons. The lowest BCUT2D eigenvalue weighted by atomic mass is 10.2. The highest BCUT2D eigenvalue weighted by atomic mass is 16.6. The minimum Gasteiger partial charge on any atom is -0.486 e. The molecular formula is C20H19NO7. The molecule has 0 bridgehead atoms. The first-order valence-electron chi connectivity index (χ1n) is 8.89. The molecule has 0 aliphatic carbocycles. The summed E-state index contributed by atoms with van der Waals surface area (Å²) in [5.74, 6) is 1.07. The van der Waals surface area contributed by atoms with Crippen LogP contribution in [-0.2, 0) is 14.3 Å². The lowest BCUT2D eigenvalue weighted by Gasteiger charge is -2.26. The molecule has 2 aliphatic heterocycles. The topological polar surface area (TPSA) is 92.3 Å². The van der Waals surface area contributed by atoms with Crippen molar-refractivity contribution in [3.8, 4) is 23.0 Å². The SMILES string of the molecule is C[C@@H](OC(=O)[C@H]1COc2ccccc2O1)C(=O)Nc1ccc2c(c1)OCCO2. The summed E-state index contributed by atoms with van der Waals surface area (Å²) in [5.41, 5.74) is 0.517. The van der Waals surface area contributed by atoms with Gasteiger partial charge in [0.05, 0.1) is 0 Å². The van der Waals surface area contributed by atoms with Crippen LogP contribution >= 0.6 is 0 Å². The molecule has 4 rings (SSSR count). The predicted octanol–water partition coefficient (Wildman–Crippen LogP) is 2.17. The highest BCUT2D eigenvalue weighted by Crippen LogP contribution is 2.33. The van der Waals surface area contributed by atoms with Crippen molar-refractivity contribution in [3.63, 3.8) is 0 Å². The number of amides is 1. The highest BCUT2D eigenvalue weighted by molar-refractivity contribution is 5.95. The van der Waals surface area contributed by atoms with Gasteiger partial charge in [-0.2, -0.15) is 0 Å². The second-order valence-corrected chi connectivity index (χ2v) is 6.29. The molecule has 2 heterocycles. The number of ether oxygens (including phenoxy) is 5. The van der Waals surface area contributed by atoms with Crippen LogP contribution in [0.2, 0.25) is 0 Å². The number of carbonyl (C=O) groups excluding carboxylic acids is 2. The summed E-state index contributed by atoms with van der Waals surface area (Å²) in [6, 6.07) is 12.1. The predicted molar refractivity (Wildman–Crippen MR) is 98.0 cm³/mol. The lowest BCUT2D eigenvalue weighted by Crippen LogP contribution is -2.41. The molecule has 0 radical (unpaired) electrons.